The van der Waals surface area contributed by atoms with Gasteiger partial charge in [-0.1, -0.05) is 54.6 Å². The topological polar surface area (TPSA) is 177 Å². The summed E-state index contributed by atoms with van der Waals surface area (Å²) in [6.07, 6.45) is 5.86. The van der Waals surface area contributed by atoms with Gasteiger partial charge in [0, 0.05) is 62.4 Å². The molecule has 0 aliphatic carbocycles. The van der Waals surface area contributed by atoms with Crippen molar-refractivity contribution < 1.29 is 24.3 Å². The summed E-state index contributed by atoms with van der Waals surface area (Å²) in [4.78, 5) is 60.4. The fraction of sp³-hybridized carbons (Fsp3) is 0.447. The molecule has 3 aromatic carbocycles. The zero-order chi connectivity index (χ0) is 42.1. The molecular formula is C47H55N9O5. The molecule has 0 saturated carbocycles. The minimum Gasteiger partial charge on any atom is -0.507 e. The molecule has 5 aliphatic heterocycles. The number of likely N-dealkylation sites (tertiary alicyclic amines) is 3. The maximum absolute atomic E-state index is 14.7. The highest BCUT2D eigenvalue weighted by Gasteiger charge is 2.53. The molecule has 6 heterocycles. The number of nitrogens with zero attached hydrogens (tertiary/aromatic N) is 6. The Morgan fingerprint density at radius 1 is 0.803 bits per heavy atom. The summed E-state index contributed by atoms with van der Waals surface area (Å²) in [6, 6.07) is 27.0. The number of aromatic hydroxyl groups is 1. The number of nitrogens with two attached hydrogens (primary N) is 1. The van der Waals surface area contributed by atoms with Crippen molar-refractivity contribution in [2.24, 2.45) is 5.41 Å². The van der Waals surface area contributed by atoms with Gasteiger partial charge in [-0.3, -0.25) is 29.4 Å². The number of phenolic OH excluding ortho intramolecular Hbond substituents is 1. The Morgan fingerprint density at radius 2 is 1.49 bits per heavy atom. The van der Waals surface area contributed by atoms with Crippen LogP contribution in [0.3, 0.4) is 0 Å². The molecule has 4 amide bonds. The number of piperidine rings is 4. The molecule has 61 heavy (non-hydrogen) atoms. The molecule has 14 heteroatoms. The number of amides is 4. The summed E-state index contributed by atoms with van der Waals surface area (Å²) in [5.41, 5.74) is 10.8. The Bertz CT molecular complexity index is 2260. The first-order valence-electron chi connectivity index (χ1n) is 21.8. The number of nitrogens with one attached hydrogen (secondary N) is 2. The second kappa shape index (κ2) is 16.8. The second-order valence-corrected chi connectivity index (χ2v) is 17.8. The number of benzene rings is 3. The third-order valence-corrected chi connectivity index (χ3v) is 14.1. The lowest BCUT2D eigenvalue weighted by atomic mass is 9.67. The average molecular weight is 826 g/mol. The van der Waals surface area contributed by atoms with Gasteiger partial charge in [-0.05, 0) is 105 Å². The van der Waals surface area contributed by atoms with E-state index >= 15 is 0 Å². The number of imide groups is 1. The normalized spacial score (nSPS) is 21.8. The molecule has 9 rings (SSSR count). The molecule has 318 valence electrons. The summed E-state index contributed by atoms with van der Waals surface area (Å²) >= 11 is 0. The summed E-state index contributed by atoms with van der Waals surface area (Å²) in [5.74, 6) is 0.747. The van der Waals surface area contributed by atoms with E-state index in [1.165, 1.54) is 5.56 Å². The van der Waals surface area contributed by atoms with Crippen LogP contribution < -0.4 is 21.3 Å². The van der Waals surface area contributed by atoms with Gasteiger partial charge in [0.05, 0.1) is 23.3 Å². The lowest BCUT2D eigenvalue weighted by molar-refractivity contribution is -0.156. The minimum absolute atomic E-state index is 0.0485. The minimum atomic E-state index is -0.655. The van der Waals surface area contributed by atoms with Crippen molar-refractivity contribution in [1.29, 1.82) is 0 Å². The Morgan fingerprint density at radius 3 is 2.18 bits per heavy atom. The van der Waals surface area contributed by atoms with Gasteiger partial charge in [0.25, 0.3) is 0 Å². The van der Waals surface area contributed by atoms with Gasteiger partial charge < -0.3 is 30.9 Å². The maximum Gasteiger partial charge on any atom is 0.249 e. The number of rotatable bonds is 9. The predicted molar refractivity (Wildman–Crippen MR) is 233 cm³/mol. The van der Waals surface area contributed by atoms with E-state index in [0.29, 0.717) is 68.3 Å². The Kier molecular flexibility index (Phi) is 11.1. The summed E-state index contributed by atoms with van der Waals surface area (Å²) in [5, 5.41) is 24.6. The van der Waals surface area contributed by atoms with Crippen LogP contribution in [0.4, 0.5) is 17.2 Å². The Labute approximate surface area is 356 Å². The van der Waals surface area contributed by atoms with E-state index in [4.69, 9.17) is 5.73 Å². The van der Waals surface area contributed by atoms with Crippen LogP contribution in [0, 0.1) is 5.41 Å². The summed E-state index contributed by atoms with van der Waals surface area (Å²) < 4.78 is 0. The monoisotopic (exact) mass is 825 g/mol. The second-order valence-electron chi connectivity index (χ2n) is 17.8. The number of phenols is 1. The first-order chi connectivity index (χ1) is 29.6. The molecule has 1 unspecified atom stereocenters. The van der Waals surface area contributed by atoms with Gasteiger partial charge in [0.2, 0.25) is 23.6 Å². The highest BCUT2D eigenvalue weighted by Crippen LogP contribution is 2.46. The van der Waals surface area contributed by atoms with E-state index in [0.717, 1.165) is 81.9 Å². The molecule has 0 bridgehead atoms. The SMILES string of the molecule is Nc1nnc(-c2ccccc2O)cc1N1CCC(C(=O)N2CC3(CCN(C(=O)CN4CCC(c5ccc(NC6CCC(=O)NC6=O)cc5)CC4)CC3)C2)(c2ccccc2)CC1. The molecule has 5 saturated heterocycles. The smallest absolute Gasteiger partial charge is 0.249 e. The number of carbonyl (C=O) groups excluding carboxylic acids is 4. The van der Waals surface area contributed by atoms with E-state index in [1.807, 2.05) is 47.4 Å². The molecular weight excluding hydrogens is 771 g/mol. The van der Waals surface area contributed by atoms with E-state index in [2.05, 4.69) is 59.8 Å². The van der Waals surface area contributed by atoms with Crippen LogP contribution >= 0.6 is 0 Å². The fourth-order valence-electron chi connectivity index (χ4n) is 10.3. The Hall–Kier alpha value is -6.02. The zero-order valence-electron chi connectivity index (χ0n) is 34.6. The van der Waals surface area contributed by atoms with Gasteiger partial charge in [-0.25, -0.2) is 0 Å². The third kappa shape index (κ3) is 8.25. The highest BCUT2D eigenvalue weighted by atomic mass is 16.3. The standard InChI is InChI=1S/C47H55N9O5/c48-43-39(28-38(51-52-43)36-8-4-5-9-40(36)57)54-26-20-47(21-27-54,34-6-2-1-3-7-34)45(61)56-30-46(31-56)18-24-55(25-19-46)42(59)29-53-22-16-33(17-23-53)32-10-12-35(13-11-32)49-37-14-15-41(58)50-44(37)60/h1-13,28,33,37,49,57H,14-27,29-31H2,(H2,48,52)(H,50,58,60). The highest BCUT2D eigenvalue weighted by molar-refractivity contribution is 6.01. The molecule has 5 N–H and O–H groups in total. The van der Waals surface area contributed by atoms with Crippen molar-refractivity contribution in [1.82, 2.24) is 30.2 Å². The largest absolute Gasteiger partial charge is 0.507 e. The van der Waals surface area contributed by atoms with Crippen LogP contribution in [0.1, 0.15) is 68.4 Å². The van der Waals surface area contributed by atoms with Crippen LogP contribution in [-0.2, 0) is 24.6 Å². The number of para-hydroxylation sites is 1. The van der Waals surface area contributed by atoms with Gasteiger partial charge in [-0.15, -0.1) is 10.2 Å². The van der Waals surface area contributed by atoms with Crippen LogP contribution in [0.2, 0.25) is 0 Å². The molecule has 1 spiro atoms. The maximum atomic E-state index is 14.7. The van der Waals surface area contributed by atoms with Crippen LogP contribution in [0.25, 0.3) is 11.3 Å². The van der Waals surface area contributed by atoms with Crippen LogP contribution in [0.5, 0.6) is 5.75 Å². The third-order valence-electron chi connectivity index (χ3n) is 14.1. The van der Waals surface area contributed by atoms with E-state index in [-0.39, 0.29) is 34.8 Å². The van der Waals surface area contributed by atoms with Crippen molar-refractivity contribution in [3.63, 3.8) is 0 Å². The zero-order valence-corrected chi connectivity index (χ0v) is 34.6. The number of hydrogen-bond acceptors (Lipinski definition) is 11. The lowest BCUT2D eigenvalue weighted by Gasteiger charge is -2.56. The first kappa shape index (κ1) is 40.4. The van der Waals surface area contributed by atoms with Crippen LogP contribution in [0.15, 0.2) is 84.9 Å². The van der Waals surface area contributed by atoms with Crippen molar-refractivity contribution in [3.8, 4) is 17.0 Å². The molecule has 5 fully saturated rings. The average Bonchev–Trinajstić information content (AvgIpc) is 3.27. The van der Waals surface area contributed by atoms with Gasteiger partial charge in [0.15, 0.2) is 5.82 Å². The molecule has 1 atom stereocenters. The van der Waals surface area contributed by atoms with Gasteiger partial charge in [-0.2, -0.15) is 0 Å². The van der Waals surface area contributed by atoms with E-state index in [1.54, 1.807) is 18.2 Å². The van der Waals surface area contributed by atoms with Crippen molar-refractivity contribution in [2.45, 2.75) is 68.7 Å². The predicted octanol–water partition coefficient (Wildman–Crippen LogP) is 4.52. The van der Waals surface area contributed by atoms with Crippen molar-refractivity contribution in [3.05, 3.63) is 96.1 Å². The summed E-state index contributed by atoms with van der Waals surface area (Å²) in [6.45, 7) is 6.29. The summed E-state index contributed by atoms with van der Waals surface area (Å²) in [7, 11) is 0. The molecule has 4 aromatic rings. The fourth-order valence-corrected chi connectivity index (χ4v) is 10.3. The molecule has 0 radical (unpaired) electrons. The van der Waals surface area contributed by atoms with Gasteiger partial charge in [0.1, 0.15) is 11.8 Å². The van der Waals surface area contributed by atoms with Crippen molar-refractivity contribution in [2.75, 3.05) is 74.9 Å². The molecule has 5 aliphatic rings. The number of carbonyl (C=O) groups is 4. The number of anilines is 3. The van der Waals surface area contributed by atoms with E-state index in [9.17, 15) is 24.3 Å². The van der Waals surface area contributed by atoms with Gasteiger partial charge >= 0.3 is 0 Å². The molecule has 1 aromatic heterocycles. The lowest BCUT2D eigenvalue weighted by Crippen LogP contribution is -2.66. The number of nitrogen functional groups attached to an aromatic ring is 1. The Balaban J connectivity index is 0.755. The number of aromatic nitrogens is 2. The van der Waals surface area contributed by atoms with Crippen molar-refractivity contribution >= 4 is 40.8 Å². The quantitative estimate of drug-likeness (QED) is 0.175. The number of hydrogen-bond donors (Lipinski definition) is 4. The van der Waals surface area contributed by atoms with E-state index < -0.39 is 11.5 Å². The first-order valence-corrected chi connectivity index (χ1v) is 21.8. The van der Waals surface area contributed by atoms with Crippen LogP contribution in [-0.4, -0.2) is 119 Å². The molecule has 14 nitrogen and oxygen atoms in total.